The number of carbonyl (C=O) groups excluding carboxylic acids is 1. The molecule has 0 N–H and O–H groups in total. The fourth-order valence-electron chi connectivity index (χ4n) is 2.88. The van der Waals surface area contributed by atoms with Gasteiger partial charge < -0.3 is 9.64 Å². The van der Waals surface area contributed by atoms with Crippen LogP contribution < -0.4 is 10.5 Å². The number of benzene rings is 2. The van der Waals surface area contributed by atoms with Crippen molar-refractivity contribution < 1.29 is 9.53 Å². The summed E-state index contributed by atoms with van der Waals surface area (Å²) in [5.41, 5.74) is 1.32. The highest BCUT2D eigenvalue weighted by Crippen LogP contribution is 2.25. The van der Waals surface area contributed by atoms with Crippen LogP contribution in [0, 0.1) is 0 Å². The normalized spacial score (nSPS) is 12.1. The summed E-state index contributed by atoms with van der Waals surface area (Å²) in [6.07, 6.45) is 0. The highest BCUT2D eigenvalue weighted by Gasteiger charge is 2.22. The molecule has 1 heterocycles. The Labute approximate surface area is 168 Å². The first kappa shape index (κ1) is 20.1. The van der Waals surface area contributed by atoms with Gasteiger partial charge >= 0.3 is 0 Å². The number of nitrogens with zero attached hydrogens (tertiary/aromatic N) is 3. The molecule has 0 radical (unpaired) electrons. The second kappa shape index (κ2) is 9.03. The van der Waals surface area contributed by atoms with Crippen LogP contribution in [-0.4, -0.2) is 41.5 Å². The van der Waals surface area contributed by atoms with Crippen LogP contribution >= 0.6 is 11.8 Å². The van der Waals surface area contributed by atoms with Gasteiger partial charge in [0.1, 0.15) is 0 Å². The maximum Gasteiger partial charge on any atom is 0.262 e. The van der Waals surface area contributed by atoms with Gasteiger partial charge in [0.15, 0.2) is 5.16 Å². The lowest BCUT2D eigenvalue weighted by Gasteiger charge is -2.22. The van der Waals surface area contributed by atoms with Crippen molar-refractivity contribution in [1.82, 2.24) is 9.55 Å². The van der Waals surface area contributed by atoms with E-state index in [1.54, 1.807) is 29.7 Å². The quantitative estimate of drug-likeness (QED) is 0.453. The molecule has 0 bridgehead atoms. The number of methoxy groups -OCH3 is 1. The fraction of sp³-hybridized carbons (Fsp3) is 0.286. The van der Waals surface area contributed by atoms with E-state index in [1.807, 2.05) is 55.5 Å². The van der Waals surface area contributed by atoms with Crippen molar-refractivity contribution in [2.24, 2.45) is 0 Å². The highest BCUT2D eigenvalue weighted by atomic mass is 32.2. The summed E-state index contributed by atoms with van der Waals surface area (Å²) in [5, 5.41) is 0.665. The first-order valence-corrected chi connectivity index (χ1v) is 9.88. The third-order valence-electron chi connectivity index (χ3n) is 4.45. The molecule has 1 aromatic heterocycles. The van der Waals surface area contributed by atoms with Crippen LogP contribution in [0.3, 0.4) is 0 Å². The minimum atomic E-state index is -0.410. The van der Waals surface area contributed by atoms with E-state index in [4.69, 9.17) is 4.74 Å². The minimum Gasteiger partial charge on any atom is -0.383 e. The average Bonchev–Trinajstić information content (AvgIpc) is 2.73. The second-order valence-electron chi connectivity index (χ2n) is 6.35. The van der Waals surface area contributed by atoms with E-state index >= 15 is 0 Å². The Bertz CT molecular complexity index is 1020. The summed E-state index contributed by atoms with van der Waals surface area (Å²) in [6.45, 7) is 2.60. The summed E-state index contributed by atoms with van der Waals surface area (Å²) in [6, 6.07) is 16.7. The maximum absolute atomic E-state index is 12.9. The molecule has 6 nitrogen and oxygen atoms in total. The highest BCUT2D eigenvalue weighted by molar-refractivity contribution is 8.00. The number of hydrogen-bond acceptors (Lipinski definition) is 5. The van der Waals surface area contributed by atoms with Crippen LogP contribution in [0.4, 0.5) is 5.69 Å². The lowest BCUT2D eigenvalue weighted by molar-refractivity contribution is -0.117. The molecule has 0 unspecified atom stereocenters. The van der Waals surface area contributed by atoms with Crippen LogP contribution in [0.15, 0.2) is 64.5 Å². The summed E-state index contributed by atoms with van der Waals surface area (Å²) in [4.78, 5) is 32.1. The molecule has 2 aromatic carbocycles. The number of anilines is 1. The van der Waals surface area contributed by atoms with Crippen molar-refractivity contribution in [2.45, 2.75) is 23.9 Å². The molecule has 1 amide bonds. The van der Waals surface area contributed by atoms with E-state index < -0.39 is 5.25 Å². The van der Waals surface area contributed by atoms with E-state index in [1.165, 1.54) is 11.8 Å². The molecule has 0 aliphatic rings. The third-order valence-corrected chi connectivity index (χ3v) is 5.53. The number of carbonyl (C=O) groups is 1. The van der Waals surface area contributed by atoms with Gasteiger partial charge in [-0.3, -0.25) is 14.2 Å². The number of thioether (sulfide) groups is 1. The summed E-state index contributed by atoms with van der Waals surface area (Å²) in [7, 11) is 3.34. The Morgan fingerprint density at radius 2 is 1.86 bits per heavy atom. The molecular formula is C21H23N3O3S. The van der Waals surface area contributed by atoms with E-state index in [0.29, 0.717) is 29.2 Å². The van der Waals surface area contributed by atoms with Crippen molar-refractivity contribution >= 4 is 34.3 Å². The summed E-state index contributed by atoms with van der Waals surface area (Å²) >= 11 is 1.29. The van der Waals surface area contributed by atoms with Gasteiger partial charge in [-0.15, -0.1) is 0 Å². The van der Waals surface area contributed by atoms with Crippen LogP contribution in [-0.2, 0) is 16.1 Å². The Morgan fingerprint density at radius 3 is 2.57 bits per heavy atom. The molecule has 0 saturated heterocycles. The number of aromatic nitrogens is 2. The van der Waals surface area contributed by atoms with E-state index in [0.717, 1.165) is 5.69 Å². The number of rotatable bonds is 7. The Morgan fingerprint density at radius 1 is 1.18 bits per heavy atom. The fourth-order valence-corrected chi connectivity index (χ4v) is 3.91. The molecule has 3 rings (SSSR count). The standard InChI is InChI=1S/C21H23N3O3S/c1-15(19(25)23(2)16-9-5-4-6-10-16)28-21-22-18-12-8-7-11-17(18)20(26)24(21)13-14-27-3/h4-12,15H,13-14H2,1-3H3/t15-/m1/s1. The minimum absolute atomic E-state index is 0.0584. The van der Waals surface area contributed by atoms with Gasteiger partial charge in [0.05, 0.1) is 29.3 Å². The smallest absolute Gasteiger partial charge is 0.262 e. The van der Waals surface area contributed by atoms with E-state index in [-0.39, 0.29) is 11.5 Å². The van der Waals surface area contributed by atoms with Crippen LogP contribution in [0.1, 0.15) is 6.92 Å². The van der Waals surface area contributed by atoms with Gasteiger partial charge in [0, 0.05) is 19.8 Å². The molecule has 0 fully saturated rings. The summed E-state index contributed by atoms with van der Waals surface area (Å²) < 4.78 is 6.73. The number of hydrogen-bond donors (Lipinski definition) is 0. The van der Waals surface area contributed by atoms with Gasteiger partial charge in [-0.2, -0.15) is 0 Å². The zero-order chi connectivity index (χ0) is 20.1. The zero-order valence-electron chi connectivity index (χ0n) is 16.2. The van der Waals surface area contributed by atoms with E-state index in [2.05, 4.69) is 4.98 Å². The molecule has 7 heteroatoms. The molecule has 0 spiro atoms. The van der Waals surface area contributed by atoms with Crippen molar-refractivity contribution in [2.75, 3.05) is 25.7 Å². The molecule has 146 valence electrons. The second-order valence-corrected chi connectivity index (χ2v) is 7.66. The third kappa shape index (κ3) is 4.26. The Balaban J connectivity index is 1.91. The lowest BCUT2D eigenvalue weighted by atomic mass is 10.2. The number of para-hydroxylation sites is 2. The molecule has 0 aliphatic heterocycles. The first-order valence-electron chi connectivity index (χ1n) is 9.00. The average molecular weight is 398 g/mol. The number of amides is 1. The van der Waals surface area contributed by atoms with Gasteiger partial charge in [-0.1, -0.05) is 42.1 Å². The topological polar surface area (TPSA) is 64.4 Å². The Hall–Kier alpha value is -2.64. The van der Waals surface area contributed by atoms with Gasteiger partial charge in [-0.05, 0) is 31.2 Å². The molecule has 1 atom stereocenters. The molecular weight excluding hydrogens is 374 g/mol. The predicted molar refractivity (Wildman–Crippen MR) is 113 cm³/mol. The molecule has 28 heavy (non-hydrogen) atoms. The molecule has 3 aromatic rings. The summed E-state index contributed by atoms with van der Waals surface area (Å²) in [5.74, 6) is -0.0584. The molecule has 0 aliphatic carbocycles. The van der Waals surface area contributed by atoms with Gasteiger partial charge in [-0.25, -0.2) is 4.98 Å². The lowest BCUT2D eigenvalue weighted by Crippen LogP contribution is -2.34. The van der Waals surface area contributed by atoms with Gasteiger partial charge in [0.25, 0.3) is 5.56 Å². The monoisotopic (exact) mass is 397 g/mol. The van der Waals surface area contributed by atoms with Crippen LogP contribution in [0.25, 0.3) is 10.9 Å². The SMILES string of the molecule is COCCn1c(S[C@H](C)C(=O)N(C)c2ccccc2)nc2ccccc2c1=O. The number of fused-ring (bicyclic) bond motifs is 1. The Kier molecular flexibility index (Phi) is 6.49. The van der Waals surface area contributed by atoms with Crippen molar-refractivity contribution in [3.63, 3.8) is 0 Å². The van der Waals surface area contributed by atoms with Crippen LogP contribution in [0.5, 0.6) is 0 Å². The van der Waals surface area contributed by atoms with Crippen molar-refractivity contribution in [1.29, 1.82) is 0 Å². The van der Waals surface area contributed by atoms with Crippen LogP contribution in [0.2, 0.25) is 0 Å². The van der Waals surface area contributed by atoms with Gasteiger partial charge in [0.2, 0.25) is 5.91 Å². The van der Waals surface area contributed by atoms with E-state index in [9.17, 15) is 9.59 Å². The van der Waals surface area contributed by atoms with Crippen molar-refractivity contribution in [3.05, 3.63) is 65.0 Å². The largest absolute Gasteiger partial charge is 0.383 e. The predicted octanol–water partition coefficient (Wildman–Crippen LogP) is 3.19. The first-order chi connectivity index (χ1) is 13.5. The maximum atomic E-state index is 12.9. The zero-order valence-corrected chi connectivity index (χ0v) is 17.0. The molecule has 0 saturated carbocycles. The van der Waals surface area contributed by atoms with Crippen molar-refractivity contribution in [3.8, 4) is 0 Å². The number of ether oxygens (including phenoxy) is 1.